The van der Waals surface area contributed by atoms with Crippen molar-refractivity contribution in [2.24, 2.45) is 0 Å². The molecule has 142 valence electrons. The molecule has 0 aliphatic heterocycles. The fourth-order valence-electron chi connectivity index (χ4n) is 2.07. The molecule has 0 spiro atoms. The van der Waals surface area contributed by atoms with Gasteiger partial charge in [0.25, 0.3) is 5.91 Å². The standard InChI is InChI=1S/C19H19ClN2O5/c1-12(27-16-6-4-3-5-15(16)20)19(25)22-14-9-7-13(8-10-14)21-17(23)11-18(24)26-2/h3-10,12H,11H2,1-2H3,(H,21,23)(H,22,25). The second kappa shape index (κ2) is 9.59. The molecule has 0 aliphatic carbocycles. The fraction of sp³-hybridized carbons (Fsp3) is 0.211. The second-order valence-electron chi connectivity index (χ2n) is 5.56. The summed E-state index contributed by atoms with van der Waals surface area (Å²) < 4.78 is 9.98. The second-order valence-corrected chi connectivity index (χ2v) is 5.97. The zero-order chi connectivity index (χ0) is 19.8. The van der Waals surface area contributed by atoms with Crippen molar-refractivity contribution in [1.82, 2.24) is 0 Å². The summed E-state index contributed by atoms with van der Waals surface area (Å²) >= 11 is 6.01. The third-order valence-electron chi connectivity index (χ3n) is 3.48. The maximum Gasteiger partial charge on any atom is 0.315 e. The molecule has 0 aromatic heterocycles. The first-order chi connectivity index (χ1) is 12.9. The topological polar surface area (TPSA) is 93.7 Å². The molecule has 0 aliphatic rings. The number of amides is 2. The average Bonchev–Trinajstić information content (AvgIpc) is 2.64. The van der Waals surface area contributed by atoms with Gasteiger partial charge in [-0.3, -0.25) is 14.4 Å². The first-order valence-electron chi connectivity index (χ1n) is 8.08. The Balaban J connectivity index is 1.89. The lowest BCUT2D eigenvalue weighted by Crippen LogP contribution is -2.30. The van der Waals surface area contributed by atoms with Crippen molar-refractivity contribution in [3.63, 3.8) is 0 Å². The molecule has 7 nitrogen and oxygen atoms in total. The Morgan fingerprint density at radius 3 is 2.19 bits per heavy atom. The van der Waals surface area contributed by atoms with Crippen LogP contribution in [0.2, 0.25) is 5.02 Å². The number of para-hydroxylation sites is 1. The molecular formula is C19H19ClN2O5. The van der Waals surface area contributed by atoms with Gasteiger partial charge in [-0.2, -0.15) is 0 Å². The van der Waals surface area contributed by atoms with Gasteiger partial charge in [0.1, 0.15) is 12.2 Å². The lowest BCUT2D eigenvalue weighted by atomic mass is 10.2. The van der Waals surface area contributed by atoms with Gasteiger partial charge in [-0.1, -0.05) is 23.7 Å². The van der Waals surface area contributed by atoms with Crippen molar-refractivity contribution < 1.29 is 23.9 Å². The van der Waals surface area contributed by atoms with E-state index in [9.17, 15) is 14.4 Å². The highest BCUT2D eigenvalue weighted by molar-refractivity contribution is 6.32. The summed E-state index contributed by atoms with van der Waals surface area (Å²) in [5.41, 5.74) is 1.02. The van der Waals surface area contributed by atoms with Gasteiger partial charge in [0.05, 0.1) is 12.1 Å². The Bertz CT molecular complexity index is 823. The van der Waals surface area contributed by atoms with Crippen LogP contribution < -0.4 is 15.4 Å². The Kier molecular flexibility index (Phi) is 7.19. The number of rotatable bonds is 7. The molecule has 2 aromatic rings. The number of hydrogen-bond donors (Lipinski definition) is 2. The molecule has 0 saturated heterocycles. The minimum atomic E-state index is -0.760. The molecule has 2 rings (SSSR count). The number of carbonyl (C=O) groups is 3. The quantitative estimate of drug-likeness (QED) is 0.559. The summed E-state index contributed by atoms with van der Waals surface area (Å²) in [5.74, 6) is -1.04. The van der Waals surface area contributed by atoms with Crippen molar-refractivity contribution in [3.05, 3.63) is 53.6 Å². The highest BCUT2D eigenvalue weighted by atomic mass is 35.5. The van der Waals surface area contributed by atoms with E-state index in [1.54, 1.807) is 55.5 Å². The third-order valence-corrected chi connectivity index (χ3v) is 3.79. The SMILES string of the molecule is COC(=O)CC(=O)Nc1ccc(NC(=O)C(C)Oc2ccccc2Cl)cc1. The molecule has 8 heteroatoms. The molecule has 0 fully saturated rings. The van der Waals surface area contributed by atoms with E-state index in [2.05, 4.69) is 15.4 Å². The Morgan fingerprint density at radius 2 is 1.59 bits per heavy atom. The molecule has 2 aromatic carbocycles. The molecule has 1 unspecified atom stereocenters. The van der Waals surface area contributed by atoms with Crippen molar-refractivity contribution in [2.75, 3.05) is 17.7 Å². The van der Waals surface area contributed by atoms with E-state index in [1.165, 1.54) is 7.11 Å². The van der Waals surface area contributed by atoms with Gasteiger partial charge < -0.3 is 20.1 Å². The number of nitrogens with one attached hydrogen (secondary N) is 2. The van der Waals surface area contributed by atoms with Crippen LogP contribution in [0.4, 0.5) is 11.4 Å². The third kappa shape index (κ3) is 6.31. The van der Waals surface area contributed by atoms with Gasteiger partial charge in [-0.25, -0.2) is 0 Å². The summed E-state index contributed by atoms with van der Waals surface area (Å²) in [4.78, 5) is 34.9. The fourth-order valence-corrected chi connectivity index (χ4v) is 2.25. The van der Waals surface area contributed by atoms with Gasteiger partial charge in [0, 0.05) is 11.4 Å². The van der Waals surface area contributed by atoms with Crippen molar-refractivity contribution in [1.29, 1.82) is 0 Å². The van der Waals surface area contributed by atoms with E-state index in [0.717, 1.165) is 0 Å². The Morgan fingerprint density at radius 1 is 1.00 bits per heavy atom. The number of halogens is 1. The van der Waals surface area contributed by atoms with Crippen molar-refractivity contribution in [3.8, 4) is 5.75 Å². The van der Waals surface area contributed by atoms with E-state index in [1.807, 2.05) is 0 Å². The average molecular weight is 391 g/mol. The summed E-state index contributed by atoms with van der Waals surface area (Å²) in [6.45, 7) is 1.61. The maximum absolute atomic E-state index is 12.2. The van der Waals surface area contributed by atoms with Gasteiger partial charge in [-0.05, 0) is 43.3 Å². The highest BCUT2D eigenvalue weighted by Gasteiger charge is 2.16. The van der Waals surface area contributed by atoms with Crippen LogP contribution in [-0.2, 0) is 19.1 Å². The highest BCUT2D eigenvalue weighted by Crippen LogP contribution is 2.24. The van der Waals surface area contributed by atoms with Crippen LogP contribution in [0.25, 0.3) is 0 Å². The Hall–Kier alpha value is -3.06. The molecule has 27 heavy (non-hydrogen) atoms. The number of anilines is 2. The van der Waals surface area contributed by atoms with Crippen LogP contribution in [0.3, 0.4) is 0 Å². The Labute approximate surface area is 161 Å². The first kappa shape index (κ1) is 20.3. The molecule has 0 bridgehead atoms. The smallest absolute Gasteiger partial charge is 0.315 e. The molecular weight excluding hydrogens is 372 g/mol. The van der Waals surface area contributed by atoms with Crippen LogP contribution in [0.1, 0.15) is 13.3 Å². The molecule has 0 radical (unpaired) electrons. The van der Waals surface area contributed by atoms with Crippen LogP contribution in [0.15, 0.2) is 48.5 Å². The van der Waals surface area contributed by atoms with Crippen LogP contribution in [0.5, 0.6) is 5.75 Å². The van der Waals surface area contributed by atoms with Gasteiger partial charge in [-0.15, -0.1) is 0 Å². The predicted molar refractivity (Wildman–Crippen MR) is 102 cm³/mol. The van der Waals surface area contributed by atoms with E-state index in [0.29, 0.717) is 22.1 Å². The van der Waals surface area contributed by atoms with Crippen molar-refractivity contribution >= 4 is 40.8 Å². The number of methoxy groups -OCH3 is 1. The summed E-state index contributed by atoms with van der Waals surface area (Å²) in [6.07, 6.45) is -1.13. The van der Waals surface area contributed by atoms with E-state index >= 15 is 0 Å². The molecule has 1 atom stereocenters. The van der Waals surface area contributed by atoms with Crippen LogP contribution >= 0.6 is 11.6 Å². The van der Waals surface area contributed by atoms with Crippen molar-refractivity contribution in [2.45, 2.75) is 19.4 Å². The number of carbonyl (C=O) groups excluding carboxylic acids is 3. The maximum atomic E-state index is 12.2. The normalized spacial score (nSPS) is 11.2. The van der Waals surface area contributed by atoms with E-state index < -0.39 is 18.0 Å². The minimum absolute atomic E-state index is 0.350. The number of benzene rings is 2. The number of esters is 1. The molecule has 2 amide bonds. The summed E-state index contributed by atoms with van der Waals surface area (Å²) in [5, 5.41) is 5.69. The summed E-state index contributed by atoms with van der Waals surface area (Å²) in [7, 11) is 1.21. The predicted octanol–water partition coefficient (Wildman–Crippen LogP) is 3.25. The monoisotopic (exact) mass is 390 g/mol. The largest absolute Gasteiger partial charge is 0.479 e. The first-order valence-corrected chi connectivity index (χ1v) is 8.45. The van der Waals surface area contributed by atoms with Crippen LogP contribution in [-0.4, -0.2) is 31.0 Å². The molecule has 0 saturated carbocycles. The zero-order valence-corrected chi connectivity index (χ0v) is 15.6. The summed E-state index contributed by atoms with van der Waals surface area (Å²) in [6, 6.07) is 13.3. The molecule has 0 heterocycles. The minimum Gasteiger partial charge on any atom is -0.479 e. The van der Waals surface area contributed by atoms with Gasteiger partial charge in [0.2, 0.25) is 5.91 Å². The van der Waals surface area contributed by atoms with Gasteiger partial charge in [0.15, 0.2) is 6.10 Å². The molecule has 2 N–H and O–H groups in total. The lowest BCUT2D eigenvalue weighted by molar-refractivity contribution is -0.142. The zero-order valence-electron chi connectivity index (χ0n) is 14.8. The van der Waals surface area contributed by atoms with E-state index in [-0.39, 0.29) is 12.3 Å². The lowest BCUT2D eigenvalue weighted by Gasteiger charge is -2.15. The van der Waals surface area contributed by atoms with Gasteiger partial charge >= 0.3 is 5.97 Å². The van der Waals surface area contributed by atoms with E-state index in [4.69, 9.17) is 16.3 Å². The number of hydrogen-bond acceptors (Lipinski definition) is 5. The number of ether oxygens (including phenoxy) is 2. The van der Waals surface area contributed by atoms with Crippen LogP contribution in [0, 0.1) is 0 Å².